The van der Waals surface area contributed by atoms with Crippen molar-refractivity contribution in [1.29, 1.82) is 0 Å². The minimum absolute atomic E-state index is 0.214. The Morgan fingerprint density at radius 2 is 2.20 bits per heavy atom. The van der Waals surface area contributed by atoms with Crippen LogP contribution in [0.3, 0.4) is 0 Å². The molecule has 0 aliphatic heterocycles. The van der Waals surface area contributed by atoms with Gasteiger partial charge < -0.3 is 5.32 Å². The molecule has 0 amide bonds. The molecular weight excluding hydrogens is 290 g/mol. The van der Waals surface area contributed by atoms with E-state index < -0.39 is 0 Å². The molecule has 20 heavy (non-hydrogen) atoms. The van der Waals surface area contributed by atoms with Crippen molar-refractivity contribution in [1.82, 2.24) is 9.78 Å². The monoisotopic (exact) mass is 303 g/mol. The van der Waals surface area contributed by atoms with Crippen LogP contribution in [0.5, 0.6) is 0 Å². The molecule has 0 bridgehead atoms. The first-order chi connectivity index (χ1) is 9.72. The van der Waals surface area contributed by atoms with Crippen LogP contribution in [0.25, 0.3) is 5.69 Å². The van der Waals surface area contributed by atoms with E-state index in [-0.39, 0.29) is 6.04 Å². The zero-order valence-electron chi connectivity index (χ0n) is 11.0. The molecule has 5 heteroatoms. The highest BCUT2D eigenvalue weighted by Gasteiger charge is 2.08. The molecule has 102 valence electrons. The van der Waals surface area contributed by atoms with E-state index in [1.807, 2.05) is 35.1 Å². The summed E-state index contributed by atoms with van der Waals surface area (Å²) in [5.74, 6) is 0. The van der Waals surface area contributed by atoms with Gasteiger partial charge in [0.05, 0.1) is 10.0 Å². The Morgan fingerprint density at radius 3 is 2.90 bits per heavy atom. The fourth-order valence-electron chi connectivity index (χ4n) is 2.04. The molecule has 0 fully saturated rings. The van der Waals surface area contributed by atoms with Gasteiger partial charge in [0.1, 0.15) is 0 Å². The second kappa shape index (κ2) is 5.69. The third-order valence-electron chi connectivity index (χ3n) is 3.09. The Bertz CT molecular complexity index is 691. The van der Waals surface area contributed by atoms with Gasteiger partial charge in [0.25, 0.3) is 0 Å². The molecule has 3 aromatic rings. The molecule has 1 N–H and O–H groups in total. The lowest BCUT2D eigenvalue weighted by atomic mass is 10.1. The number of nitrogens with zero attached hydrogens (tertiary/aromatic N) is 2. The van der Waals surface area contributed by atoms with Crippen LogP contribution in [-0.2, 0) is 0 Å². The highest BCUT2D eigenvalue weighted by Crippen LogP contribution is 2.27. The number of benzene rings is 1. The van der Waals surface area contributed by atoms with Crippen LogP contribution >= 0.6 is 22.9 Å². The predicted molar refractivity (Wildman–Crippen MR) is 84.9 cm³/mol. The first kappa shape index (κ1) is 13.2. The Morgan fingerprint density at radius 1 is 1.30 bits per heavy atom. The summed E-state index contributed by atoms with van der Waals surface area (Å²) in [6.45, 7) is 2.12. The zero-order valence-corrected chi connectivity index (χ0v) is 12.5. The average Bonchev–Trinajstić information content (AvgIpc) is 3.10. The van der Waals surface area contributed by atoms with Gasteiger partial charge in [0, 0.05) is 24.1 Å². The molecule has 0 radical (unpaired) electrons. The number of rotatable bonds is 4. The lowest BCUT2D eigenvalue weighted by Gasteiger charge is -2.15. The van der Waals surface area contributed by atoms with E-state index in [1.165, 1.54) is 5.56 Å². The van der Waals surface area contributed by atoms with Crippen molar-refractivity contribution >= 4 is 28.6 Å². The predicted octanol–water partition coefficient (Wildman–Crippen LogP) is 4.76. The van der Waals surface area contributed by atoms with E-state index in [2.05, 4.69) is 34.9 Å². The smallest absolute Gasteiger partial charge is 0.0931 e. The summed E-state index contributed by atoms with van der Waals surface area (Å²) in [5.41, 5.74) is 3.30. The van der Waals surface area contributed by atoms with Gasteiger partial charge in [-0.2, -0.15) is 5.10 Å². The number of hydrogen-bond acceptors (Lipinski definition) is 3. The quantitative estimate of drug-likeness (QED) is 0.753. The second-order valence-corrected chi connectivity index (χ2v) is 6.09. The summed E-state index contributed by atoms with van der Waals surface area (Å²) in [4.78, 5) is 0. The highest BCUT2D eigenvalue weighted by atomic mass is 35.5. The standard InChI is InChI=1S/C15H14ClN3S/c1-11(12-8-15(16)20-10-12)18-13-4-2-5-14(9-13)19-7-3-6-17-19/h2-11,18H,1H3. The van der Waals surface area contributed by atoms with Gasteiger partial charge >= 0.3 is 0 Å². The van der Waals surface area contributed by atoms with Gasteiger partial charge in [-0.15, -0.1) is 11.3 Å². The molecule has 0 aliphatic carbocycles. The molecule has 3 rings (SSSR count). The van der Waals surface area contributed by atoms with E-state index in [1.54, 1.807) is 17.5 Å². The van der Waals surface area contributed by atoms with Crippen molar-refractivity contribution in [2.45, 2.75) is 13.0 Å². The Balaban J connectivity index is 1.79. The van der Waals surface area contributed by atoms with Crippen molar-refractivity contribution in [3.63, 3.8) is 0 Å². The number of aromatic nitrogens is 2. The SMILES string of the molecule is CC(Nc1cccc(-n2cccn2)c1)c1csc(Cl)c1. The molecule has 1 aromatic carbocycles. The summed E-state index contributed by atoms with van der Waals surface area (Å²) < 4.78 is 2.66. The number of halogens is 1. The molecule has 3 nitrogen and oxygen atoms in total. The lowest BCUT2D eigenvalue weighted by molar-refractivity contribution is 0.871. The maximum Gasteiger partial charge on any atom is 0.0931 e. The largest absolute Gasteiger partial charge is 0.378 e. The number of hydrogen-bond donors (Lipinski definition) is 1. The zero-order chi connectivity index (χ0) is 13.9. The number of anilines is 1. The molecular formula is C15H14ClN3S. The van der Waals surface area contributed by atoms with E-state index in [4.69, 9.17) is 11.6 Å². The van der Waals surface area contributed by atoms with Gasteiger partial charge in [-0.3, -0.25) is 0 Å². The minimum atomic E-state index is 0.214. The summed E-state index contributed by atoms with van der Waals surface area (Å²) in [6.07, 6.45) is 3.71. The number of nitrogens with one attached hydrogen (secondary N) is 1. The Hall–Kier alpha value is -1.78. The van der Waals surface area contributed by atoms with Crippen molar-refractivity contribution in [3.05, 3.63) is 64.1 Å². The van der Waals surface area contributed by atoms with Crippen molar-refractivity contribution in [3.8, 4) is 5.69 Å². The molecule has 1 atom stereocenters. The maximum absolute atomic E-state index is 5.98. The molecule has 2 aromatic heterocycles. The summed E-state index contributed by atoms with van der Waals surface area (Å²) in [5, 5.41) is 9.80. The van der Waals surface area contributed by atoms with E-state index in [9.17, 15) is 0 Å². The average molecular weight is 304 g/mol. The first-order valence-corrected chi connectivity index (χ1v) is 7.59. The van der Waals surface area contributed by atoms with Crippen LogP contribution in [-0.4, -0.2) is 9.78 Å². The molecule has 0 spiro atoms. The topological polar surface area (TPSA) is 29.9 Å². The molecule has 0 aliphatic rings. The van der Waals surface area contributed by atoms with Crippen LogP contribution < -0.4 is 5.32 Å². The second-order valence-electron chi connectivity index (χ2n) is 4.55. The minimum Gasteiger partial charge on any atom is -0.378 e. The van der Waals surface area contributed by atoms with Crippen LogP contribution in [0.1, 0.15) is 18.5 Å². The van der Waals surface area contributed by atoms with E-state index >= 15 is 0 Å². The fourth-order valence-corrected chi connectivity index (χ4v) is 3.03. The van der Waals surface area contributed by atoms with Gasteiger partial charge in [0.2, 0.25) is 0 Å². The van der Waals surface area contributed by atoms with Crippen molar-refractivity contribution in [2.24, 2.45) is 0 Å². The normalized spacial score (nSPS) is 12.3. The van der Waals surface area contributed by atoms with Crippen LogP contribution in [0.4, 0.5) is 5.69 Å². The maximum atomic E-state index is 5.98. The Kier molecular flexibility index (Phi) is 3.76. The highest BCUT2D eigenvalue weighted by molar-refractivity contribution is 7.14. The Labute approximate surface area is 126 Å². The molecule has 2 heterocycles. The van der Waals surface area contributed by atoms with Gasteiger partial charge in [0.15, 0.2) is 0 Å². The summed E-state index contributed by atoms with van der Waals surface area (Å²) in [7, 11) is 0. The summed E-state index contributed by atoms with van der Waals surface area (Å²) >= 11 is 7.54. The third-order valence-corrected chi connectivity index (χ3v) is 4.20. The fraction of sp³-hybridized carbons (Fsp3) is 0.133. The van der Waals surface area contributed by atoms with Gasteiger partial charge in [-0.05, 0) is 48.2 Å². The van der Waals surface area contributed by atoms with Crippen LogP contribution in [0.15, 0.2) is 54.2 Å². The van der Waals surface area contributed by atoms with E-state index in [0.717, 1.165) is 15.7 Å². The van der Waals surface area contributed by atoms with Crippen LogP contribution in [0.2, 0.25) is 4.34 Å². The van der Waals surface area contributed by atoms with Crippen molar-refractivity contribution < 1.29 is 0 Å². The first-order valence-electron chi connectivity index (χ1n) is 6.33. The third kappa shape index (κ3) is 2.86. The molecule has 1 unspecified atom stereocenters. The van der Waals surface area contributed by atoms with Gasteiger partial charge in [-0.1, -0.05) is 17.7 Å². The van der Waals surface area contributed by atoms with Crippen molar-refractivity contribution in [2.75, 3.05) is 5.32 Å². The lowest BCUT2D eigenvalue weighted by Crippen LogP contribution is -2.06. The van der Waals surface area contributed by atoms with E-state index in [0.29, 0.717) is 0 Å². The summed E-state index contributed by atoms with van der Waals surface area (Å²) in [6, 6.07) is 12.3. The molecule has 0 saturated carbocycles. The number of thiophene rings is 1. The van der Waals surface area contributed by atoms with Gasteiger partial charge in [-0.25, -0.2) is 4.68 Å². The molecule has 0 saturated heterocycles. The van der Waals surface area contributed by atoms with Crippen LogP contribution in [0, 0.1) is 0 Å².